The molecule has 0 aliphatic heterocycles. The summed E-state index contributed by atoms with van der Waals surface area (Å²) in [6, 6.07) is 3.32. The van der Waals surface area contributed by atoms with Crippen LogP contribution in [0.2, 0.25) is 0 Å². The molecule has 2 heterocycles. The van der Waals surface area contributed by atoms with Crippen LogP contribution in [-0.4, -0.2) is 14.9 Å². The minimum absolute atomic E-state index is 0.00602. The number of furan rings is 1. The van der Waals surface area contributed by atoms with Gasteiger partial charge in [-0.15, -0.1) is 0 Å². The number of hydrogen-bond acceptors (Lipinski definition) is 3. The molecule has 0 aliphatic rings. The van der Waals surface area contributed by atoms with Crippen molar-refractivity contribution in [3.63, 3.8) is 0 Å². The highest BCUT2D eigenvalue weighted by atomic mass is 16.3. The Kier molecular flexibility index (Phi) is 2.99. The van der Waals surface area contributed by atoms with Gasteiger partial charge in [0, 0.05) is 18.4 Å². The van der Waals surface area contributed by atoms with Gasteiger partial charge < -0.3 is 4.42 Å². The van der Waals surface area contributed by atoms with Gasteiger partial charge in [0.15, 0.2) is 5.76 Å². The molecule has 2 rings (SSSR count). The lowest BCUT2D eigenvalue weighted by atomic mass is 10.3. The lowest BCUT2D eigenvalue weighted by Crippen LogP contribution is -2.27. The molecule has 0 saturated heterocycles. The van der Waals surface area contributed by atoms with Gasteiger partial charge in [0.25, 0.3) is 0 Å². The van der Waals surface area contributed by atoms with Crippen LogP contribution in [0.3, 0.4) is 0 Å². The second-order valence-electron chi connectivity index (χ2n) is 4.11. The van der Waals surface area contributed by atoms with Gasteiger partial charge in [-0.25, -0.2) is 4.79 Å². The Morgan fingerprint density at radius 3 is 2.71 bits per heavy atom. The number of aromatic nitrogens is 2. The molecule has 0 radical (unpaired) electrons. The Bertz CT molecular complexity index is 561. The standard InChI is InChI=1S/C12H14N2O3/c1-9(2)14-6-5-13(12(14)16)8-10(15)11-4-3-7-17-11/h3-7,9H,8H2,1-2H3. The Hall–Kier alpha value is -2.04. The van der Waals surface area contributed by atoms with E-state index in [1.54, 1.807) is 29.1 Å². The Morgan fingerprint density at radius 1 is 1.41 bits per heavy atom. The number of rotatable bonds is 4. The first-order chi connectivity index (χ1) is 8.09. The summed E-state index contributed by atoms with van der Waals surface area (Å²) in [6.07, 6.45) is 4.74. The third-order valence-electron chi connectivity index (χ3n) is 2.54. The van der Waals surface area contributed by atoms with Crippen molar-refractivity contribution in [2.75, 3.05) is 0 Å². The van der Waals surface area contributed by atoms with E-state index < -0.39 is 0 Å². The zero-order chi connectivity index (χ0) is 12.4. The number of Topliss-reactive ketones (excluding diaryl/α,β-unsaturated/α-hetero) is 1. The van der Waals surface area contributed by atoms with Crippen LogP contribution in [0.15, 0.2) is 40.0 Å². The van der Waals surface area contributed by atoms with Crippen LogP contribution in [0, 0.1) is 0 Å². The average Bonchev–Trinajstić information content (AvgIpc) is 2.89. The molecule has 0 N–H and O–H groups in total. The lowest BCUT2D eigenvalue weighted by Gasteiger charge is -2.04. The molecule has 2 aromatic heterocycles. The van der Waals surface area contributed by atoms with Crippen molar-refractivity contribution < 1.29 is 9.21 Å². The Labute approximate surface area is 98.3 Å². The molecule has 5 heteroatoms. The monoisotopic (exact) mass is 234 g/mol. The summed E-state index contributed by atoms with van der Waals surface area (Å²) in [7, 11) is 0. The van der Waals surface area contributed by atoms with E-state index >= 15 is 0 Å². The van der Waals surface area contributed by atoms with Gasteiger partial charge in [-0.3, -0.25) is 13.9 Å². The van der Waals surface area contributed by atoms with Crippen LogP contribution in [0.1, 0.15) is 30.4 Å². The molecule has 0 fully saturated rings. The number of nitrogens with zero attached hydrogens (tertiary/aromatic N) is 2. The van der Waals surface area contributed by atoms with Gasteiger partial charge >= 0.3 is 5.69 Å². The molecule has 0 bridgehead atoms. The van der Waals surface area contributed by atoms with Crippen LogP contribution < -0.4 is 5.69 Å². The van der Waals surface area contributed by atoms with Crippen molar-refractivity contribution in [1.29, 1.82) is 0 Å². The van der Waals surface area contributed by atoms with Crippen molar-refractivity contribution in [1.82, 2.24) is 9.13 Å². The summed E-state index contributed by atoms with van der Waals surface area (Å²) in [5.74, 6) is 0.0628. The summed E-state index contributed by atoms with van der Waals surface area (Å²) in [6.45, 7) is 3.84. The van der Waals surface area contributed by atoms with Gasteiger partial charge in [-0.2, -0.15) is 0 Å². The fraction of sp³-hybridized carbons (Fsp3) is 0.333. The molecule has 0 amide bonds. The van der Waals surface area contributed by atoms with Crippen molar-refractivity contribution >= 4 is 5.78 Å². The van der Waals surface area contributed by atoms with Gasteiger partial charge in [0.1, 0.15) is 0 Å². The van der Waals surface area contributed by atoms with E-state index in [1.807, 2.05) is 13.8 Å². The molecular weight excluding hydrogens is 220 g/mol. The summed E-state index contributed by atoms with van der Waals surface area (Å²) in [4.78, 5) is 23.6. The van der Waals surface area contributed by atoms with Crippen molar-refractivity contribution in [3.8, 4) is 0 Å². The second kappa shape index (κ2) is 4.45. The topological polar surface area (TPSA) is 57.1 Å². The predicted molar refractivity (Wildman–Crippen MR) is 62.1 cm³/mol. The Morgan fingerprint density at radius 2 is 2.18 bits per heavy atom. The lowest BCUT2D eigenvalue weighted by molar-refractivity contribution is 0.0943. The number of ketones is 1. The van der Waals surface area contributed by atoms with E-state index in [1.165, 1.54) is 10.8 Å². The first-order valence-electron chi connectivity index (χ1n) is 5.43. The summed E-state index contributed by atoms with van der Waals surface area (Å²) < 4.78 is 7.95. The van der Waals surface area contributed by atoms with Gasteiger partial charge in [-0.05, 0) is 26.0 Å². The van der Waals surface area contributed by atoms with Crippen LogP contribution in [0.5, 0.6) is 0 Å². The largest absolute Gasteiger partial charge is 0.461 e. The van der Waals surface area contributed by atoms with E-state index in [4.69, 9.17) is 4.42 Å². The molecule has 5 nitrogen and oxygen atoms in total. The minimum atomic E-state index is -0.210. The maximum absolute atomic E-state index is 11.9. The first-order valence-corrected chi connectivity index (χ1v) is 5.43. The highest BCUT2D eigenvalue weighted by Crippen LogP contribution is 2.04. The maximum Gasteiger partial charge on any atom is 0.328 e. The van der Waals surface area contributed by atoms with Gasteiger partial charge in [0.05, 0.1) is 12.8 Å². The summed E-state index contributed by atoms with van der Waals surface area (Å²) in [5, 5.41) is 0. The molecule has 17 heavy (non-hydrogen) atoms. The highest BCUT2D eigenvalue weighted by Gasteiger charge is 2.12. The zero-order valence-electron chi connectivity index (χ0n) is 9.79. The summed E-state index contributed by atoms with van der Waals surface area (Å²) >= 11 is 0. The molecule has 0 aromatic carbocycles. The molecule has 0 aliphatic carbocycles. The molecule has 0 spiro atoms. The van der Waals surface area contributed by atoms with Crippen LogP contribution in [0.25, 0.3) is 0 Å². The van der Waals surface area contributed by atoms with E-state index in [9.17, 15) is 9.59 Å². The first kappa shape index (κ1) is 11.4. The molecule has 0 unspecified atom stereocenters. The van der Waals surface area contributed by atoms with Crippen LogP contribution in [-0.2, 0) is 6.54 Å². The molecule has 0 atom stereocenters. The number of carbonyl (C=O) groups excluding carboxylic acids is 1. The quantitative estimate of drug-likeness (QED) is 0.757. The van der Waals surface area contributed by atoms with Crippen LogP contribution in [0.4, 0.5) is 0 Å². The fourth-order valence-electron chi connectivity index (χ4n) is 1.61. The normalized spacial score (nSPS) is 11.0. The predicted octanol–water partition coefficient (Wildman–Crippen LogP) is 1.71. The maximum atomic E-state index is 11.9. The average molecular weight is 234 g/mol. The third-order valence-corrected chi connectivity index (χ3v) is 2.54. The van der Waals surface area contributed by atoms with Gasteiger partial charge in [0.2, 0.25) is 5.78 Å². The van der Waals surface area contributed by atoms with E-state index in [0.29, 0.717) is 0 Å². The molecular formula is C12H14N2O3. The fourth-order valence-corrected chi connectivity index (χ4v) is 1.61. The van der Waals surface area contributed by atoms with Crippen molar-refractivity contribution in [2.45, 2.75) is 26.4 Å². The van der Waals surface area contributed by atoms with E-state index in [-0.39, 0.29) is 29.8 Å². The number of imidazole rings is 1. The molecule has 90 valence electrons. The van der Waals surface area contributed by atoms with E-state index in [2.05, 4.69) is 0 Å². The van der Waals surface area contributed by atoms with E-state index in [0.717, 1.165) is 0 Å². The van der Waals surface area contributed by atoms with Crippen molar-refractivity contribution in [3.05, 3.63) is 47.0 Å². The summed E-state index contributed by atoms with van der Waals surface area (Å²) in [5.41, 5.74) is -0.181. The van der Waals surface area contributed by atoms with Crippen molar-refractivity contribution in [2.24, 2.45) is 0 Å². The SMILES string of the molecule is CC(C)n1ccn(CC(=O)c2ccco2)c1=O. The third kappa shape index (κ3) is 2.22. The highest BCUT2D eigenvalue weighted by molar-refractivity contribution is 5.93. The molecule has 0 saturated carbocycles. The minimum Gasteiger partial charge on any atom is -0.461 e. The molecule has 2 aromatic rings. The number of carbonyl (C=O) groups is 1. The smallest absolute Gasteiger partial charge is 0.328 e. The van der Waals surface area contributed by atoms with Crippen LogP contribution >= 0.6 is 0 Å². The zero-order valence-corrected chi connectivity index (χ0v) is 9.79. The second-order valence-corrected chi connectivity index (χ2v) is 4.11. The Balaban J connectivity index is 2.20. The van der Waals surface area contributed by atoms with Gasteiger partial charge in [-0.1, -0.05) is 0 Å². The number of hydrogen-bond donors (Lipinski definition) is 0.